The van der Waals surface area contributed by atoms with Crippen LogP contribution in [0.15, 0.2) is 36.4 Å². The van der Waals surface area contributed by atoms with E-state index in [0.29, 0.717) is 5.75 Å². The molecule has 0 aliphatic carbocycles. The van der Waals surface area contributed by atoms with Gasteiger partial charge < -0.3 is 19.5 Å². The van der Waals surface area contributed by atoms with Crippen LogP contribution in [0.25, 0.3) is 0 Å². The molecule has 138 valence electrons. The summed E-state index contributed by atoms with van der Waals surface area (Å²) in [5.41, 5.74) is 0.357. The number of amides is 1. The quantitative estimate of drug-likeness (QED) is 0.773. The largest absolute Gasteiger partial charge is 0.497 e. The molecule has 0 saturated carbocycles. The van der Waals surface area contributed by atoms with Crippen molar-refractivity contribution >= 4 is 29.2 Å². The molecule has 8 heteroatoms. The Morgan fingerprint density at radius 3 is 2.46 bits per heavy atom. The summed E-state index contributed by atoms with van der Waals surface area (Å²) in [6.07, 6.45) is -1.12. The summed E-state index contributed by atoms with van der Waals surface area (Å²) >= 11 is 5.86. The minimum Gasteiger partial charge on any atom is -0.497 e. The first-order chi connectivity index (χ1) is 12.3. The number of ether oxygens (including phenoxy) is 3. The monoisotopic (exact) mass is 381 g/mol. The van der Waals surface area contributed by atoms with Crippen LogP contribution < -0.4 is 14.8 Å². The average molecular weight is 382 g/mol. The van der Waals surface area contributed by atoms with E-state index in [9.17, 15) is 14.0 Å². The zero-order chi connectivity index (χ0) is 19.3. The third-order valence-electron chi connectivity index (χ3n) is 3.47. The van der Waals surface area contributed by atoms with E-state index in [1.807, 2.05) is 0 Å². The van der Waals surface area contributed by atoms with Crippen molar-refractivity contribution in [3.63, 3.8) is 0 Å². The van der Waals surface area contributed by atoms with Crippen LogP contribution in [-0.2, 0) is 9.53 Å². The Kier molecular flexibility index (Phi) is 6.41. The molecule has 0 fully saturated rings. The number of carbonyl (C=O) groups excluding carboxylic acids is 2. The Morgan fingerprint density at radius 2 is 1.85 bits per heavy atom. The van der Waals surface area contributed by atoms with E-state index in [0.717, 1.165) is 12.1 Å². The summed E-state index contributed by atoms with van der Waals surface area (Å²) in [6.45, 7) is 1.40. The number of esters is 1. The maximum Gasteiger partial charge on any atom is 0.342 e. The zero-order valence-corrected chi connectivity index (χ0v) is 15.1. The molecule has 2 aromatic carbocycles. The lowest BCUT2D eigenvalue weighted by Gasteiger charge is -2.15. The minimum atomic E-state index is -1.12. The molecular formula is C18H17ClFNO5. The number of nitrogens with one attached hydrogen (secondary N) is 1. The highest BCUT2D eigenvalue weighted by Crippen LogP contribution is 2.26. The molecule has 1 amide bonds. The van der Waals surface area contributed by atoms with Crippen LogP contribution in [0.4, 0.5) is 10.1 Å². The van der Waals surface area contributed by atoms with Gasteiger partial charge >= 0.3 is 5.97 Å². The minimum absolute atomic E-state index is 0.0358. The van der Waals surface area contributed by atoms with Gasteiger partial charge in [0.2, 0.25) is 0 Å². The predicted octanol–water partition coefficient (Wildman–Crippen LogP) is 3.68. The molecule has 2 aromatic rings. The smallest absolute Gasteiger partial charge is 0.342 e. The van der Waals surface area contributed by atoms with Gasteiger partial charge in [-0.25, -0.2) is 9.18 Å². The first-order valence-corrected chi connectivity index (χ1v) is 7.92. The van der Waals surface area contributed by atoms with Crippen molar-refractivity contribution in [2.75, 3.05) is 19.5 Å². The number of benzene rings is 2. The van der Waals surface area contributed by atoms with Crippen LogP contribution in [0, 0.1) is 5.82 Å². The first kappa shape index (κ1) is 19.5. The number of rotatable bonds is 6. The van der Waals surface area contributed by atoms with Crippen molar-refractivity contribution in [1.82, 2.24) is 0 Å². The lowest BCUT2D eigenvalue weighted by Crippen LogP contribution is -2.30. The zero-order valence-electron chi connectivity index (χ0n) is 14.3. The number of methoxy groups -OCH3 is 2. The van der Waals surface area contributed by atoms with E-state index in [1.165, 1.54) is 39.3 Å². The van der Waals surface area contributed by atoms with Gasteiger partial charge in [0.1, 0.15) is 22.9 Å². The van der Waals surface area contributed by atoms with Gasteiger partial charge in [0, 0.05) is 6.07 Å². The number of anilines is 1. The fourth-order valence-electron chi connectivity index (χ4n) is 2.07. The van der Waals surface area contributed by atoms with Crippen LogP contribution >= 0.6 is 11.6 Å². The van der Waals surface area contributed by atoms with Crippen LogP contribution in [0.5, 0.6) is 11.5 Å². The lowest BCUT2D eigenvalue weighted by molar-refractivity contribution is -0.123. The fraction of sp³-hybridized carbons (Fsp3) is 0.222. The Hall–Kier alpha value is -2.80. The normalized spacial score (nSPS) is 11.4. The standard InChI is InChI=1S/C18H17ClFNO5/c1-10(17(22)21-15-7-4-11(20)8-14(15)19)26-18(23)13-6-5-12(24-2)9-16(13)25-3/h4-10H,1-3H3,(H,21,22)/t10-/m1/s1. The Labute approximate surface area is 154 Å². The lowest BCUT2D eigenvalue weighted by atomic mass is 10.2. The number of halogens is 2. The molecule has 0 bridgehead atoms. The van der Waals surface area contributed by atoms with Crippen molar-refractivity contribution in [1.29, 1.82) is 0 Å². The van der Waals surface area contributed by atoms with Gasteiger partial charge in [-0.1, -0.05) is 11.6 Å². The van der Waals surface area contributed by atoms with Crippen molar-refractivity contribution in [2.24, 2.45) is 0 Å². The molecule has 0 aliphatic rings. The van der Waals surface area contributed by atoms with E-state index in [1.54, 1.807) is 6.07 Å². The summed E-state index contributed by atoms with van der Waals surface area (Å²) in [5.74, 6) is -1.12. The maximum atomic E-state index is 13.0. The van der Waals surface area contributed by atoms with Gasteiger partial charge in [0.15, 0.2) is 6.10 Å². The summed E-state index contributed by atoms with van der Waals surface area (Å²) in [6, 6.07) is 8.11. The second-order valence-corrected chi connectivity index (χ2v) is 5.63. The molecule has 2 rings (SSSR count). The summed E-state index contributed by atoms with van der Waals surface area (Å²) in [7, 11) is 2.89. The third-order valence-corrected chi connectivity index (χ3v) is 3.78. The molecule has 1 N–H and O–H groups in total. The van der Waals surface area contributed by atoms with Crippen molar-refractivity contribution in [3.05, 3.63) is 52.8 Å². The second kappa shape index (κ2) is 8.53. The van der Waals surface area contributed by atoms with Gasteiger partial charge in [-0.3, -0.25) is 4.79 Å². The van der Waals surface area contributed by atoms with Gasteiger partial charge in [-0.05, 0) is 37.3 Å². The maximum absolute atomic E-state index is 13.0. The fourth-order valence-corrected chi connectivity index (χ4v) is 2.28. The summed E-state index contributed by atoms with van der Waals surface area (Å²) in [5, 5.41) is 2.51. The molecule has 26 heavy (non-hydrogen) atoms. The Morgan fingerprint density at radius 1 is 1.12 bits per heavy atom. The van der Waals surface area contributed by atoms with E-state index in [4.69, 9.17) is 25.8 Å². The topological polar surface area (TPSA) is 73.9 Å². The van der Waals surface area contributed by atoms with E-state index in [-0.39, 0.29) is 22.0 Å². The second-order valence-electron chi connectivity index (χ2n) is 5.23. The highest BCUT2D eigenvalue weighted by atomic mass is 35.5. The summed E-state index contributed by atoms with van der Waals surface area (Å²) < 4.78 is 28.4. The highest BCUT2D eigenvalue weighted by Gasteiger charge is 2.22. The number of hydrogen-bond acceptors (Lipinski definition) is 5. The molecule has 0 aromatic heterocycles. The van der Waals surface area contributed by atoms with Gasteiger partial charge in [-0.2, -0.15) is 0 Å². The SMILES string of the molecule is COc1ccc(C(=O)O[C@H](C)C(=O)Nc2ccc(F)cc2Cl)c(OC)c1. The van der Waals surface area contributed by atoms with Gasteiger partial charge in [0.25, 0.3) is 5.91 Å². The van der Waals surface area contributed by atoms with Crippen LogP contribution in [-0.4, -0.2) is 32.2 Å². The Bertz CT molecular complexity index is 827. The Balaban J connectivity index is 2.07. The molecule has 0 unspecified atom stereocenters. The summed E-state index contributed by atoms with van der Waals surface area (Å²) in [4.78, 5) is 24.5. The van der Waals surface area contributed by atoms with Crippen molar-refractivity contribution in [3.8, 4) is 11.5 Å². The molecular weight excluding hydrogens is 365 g/mol. The van der Waals surface area contributed by atoms with E-state index >= 15 is 0 Å². The molecule has 6 nitrogen and oxygen atoms in total. The third kappa shape index (κ3) is 4.64. The van der Waals surface area contributed by atoms with Crippen LogP contribution in [0.3, 0.4) is 0 Å². The van der Waals surface area contributed by atoms with Gasteiger partial charge in [0.05, 0.1) is 24.9 Å². The number of hydrogen-bond donors (Lipinski definition) is 1. The molecule has 0 heterocycles. The van der Waals surface area contributed by atoms with Crippen LogP contribution in [0.1, 0.15) is 17.3 Å². The van der Waals surface area contributed by atoms with E-state index < -0.39 is 23.8 Å². The van der Waals surface area contributed by atoms with E-state index in [2.05, 4.69) is 5.32 Å². The van der Waals surface area contributed by atoms with Crippen molar-refractivity contribution in [2.45, 2.75) is 13.0 Å². The molecule has 0 radical (unpaired) electrons. The first-order valence-electron chi connectivity index (χ1n) is 7.54. The highest BCUT2D eigenvalue weighted by molar-refractivity contribution is 6.33. The average Bonchev–Trinajstić information content (AvgIpc) is 2.63. The van der Waals surface area contributed by atoms with Gasteiger partial charge in [-0.15, -0.1) is 0 Å². The molecule has 0 spiro atoms. The number of carbonyl (C=O) groups is 2. The predicted molar refractivity (Wildman–Crippen MR) is 94.5 cm³/mol. The molecule has 0 saturated heterocycles. The molecule has 1 atom stereocenters. The van der Waals surface area contributed by atoms with Crippen LogP contribution in [0.2, 0.25) is 5.02 Å². The van der Waals surface area contributed by atoms with Crippen molar-refractivity contribution < 1.29 is 28.2 Å². The molecule has 0 aliphatic heterocycles.